The zero-order chi connectivity index (χ0) is 14.7. The minimum absolute atomic E-state index is 0.509. The molecule has 2 aliphatic carbocycles. The Bertz CT molecular complexity index is 453. The van der Waals surface area contributed by atoms with Crippen LogP contribution in [0.4, 0.5) is 0 Å². The SMILES string of the molecule is CCCNC1c2ccccc2CCCC1N(C)C1CCC1. The predicted molar refractivity (Wildman–Crippen MR) is 89.6 cm³/mol. The predicted octanol–water partition coefficient (Wildman–Crippen LogP) is 3.92. The van der Waals surface area contributed by atoms with Crippen LogP contribution in [-0.4, -0.2) is 30.6 Å². The van der Waals surface area contributed by atoms with Gasteiger partial charge in [-0.05, 0) is 63.2 Å². The average molecular weight is 286 g/mol. The molecule has 1 aromatic rings. The van der Waals surface area contributed by atoms with E-state index in [9.17, 15) is 0 Å². The molecule has 0 radical (unpaired) electrons. The third-order valence-electron chi connectivity index (χ3n) is 5.51. The molecule has 0 aromatic heterocycles. The van der Waals surface area contributed by atoms with E-state index < -0.39 is 0 Å². The minimum Gasteiger partial charge on any atom is -0.309 e. The summed E-state index contributed by atoms with van der Waals surface area (Å²) in [5.41, 5.74) is 3.12. The first-order valence-corrected chi connectivity index (χ1v) is 8.84. The first-order chi connectivity index (χ1) is 10.3. The van der Waals surface area contributed by atoms with Crippen LogP contribution in [0.15, 0.2) is 24.3 Å². The lowest BCUT2D eigenvalue weighted by Gasteiger charge is -2.43. The molecule has 0 saturated heterocycles. The van der Waals surface area contributed by atoms with Crippen LogP contribution in [0.5, 0.6) is 0 Å². The van der Waals surface area contributed by atoms with Crippen LogP contribution in [0.1, 0.15) is 62.6 Å². The van der Waals surface area contributed by atoms with Crippen molar-refractivity contribution in [3.63, 3.8) is 0 Å². The van der Waals surface area contributed by atoms with E-state index in [1.807, 2.05) is 0 Å². The Hall–Kier alpha value is -0.860. The third kappa shape index (κ3) is 3.17. The number of fused-ring (bicyclic) bond motifs is 1. The highest BCUT2D eigenvalue weighted by Gasteiger charge is 2.34. The zero-order valence-electron chi connectivity index (χ0n) is 13.6. The number of hydrogen-bond acceptors (Lipinski definition) is 2. The van der Waals surface area contributed by atoms with Gasteiger partial charge in [-0.1, -0.05) is 37.6 Å². The molecule has 116 valence electrons. The van der Waals surface area contributed by atoms with Gasteiger partial charge in [-0.3, -0.25) is 4.90 Å². The topological polar surface area (TPSA) is 15.3 Å². The molecule has 1 aromatic carbocycles. The highest BCUT2D eigenvalue weighted by Crippen LogP contribution is 2.35. The minimum atomic E-state index is 0.509. The van der Waals surface area contributed by atoms with Crippen LogP contribution in [0, 0.1) is 0 Å². The number of likely N-dealkylation sites (N-methyl/N-ethyl adjacent to an activating group) is 1. The molecule has 3 rings (SSSR count). The van der Waals surface area contributed by atoms with E-state index in [2.05, 4.69) is 48.5 Å². The van der Waals surface area contributed by atoms with Crippen molar-refractivity contribution in [3.05, 3.63) is 35.4 Å². The van der Waals surface area contributed by atoms with Gasteiger partial charge in [0.05, 0.1) is 0 Å². The summed E-state index contributed by atoms with van der Waals surface area (Å²) in [6.07, 6.45) is 9.32. The van der Waals surface area contributed by atoms with Gasteiger partial charge in [-0.2, -0.15) is 0 Å². The lowest BCUT2D eigenvalue weighted by Crippen LogP contribution is -2.49. The van der Waals surface area contributed by atoms with Crippen LogP contribution >= 0.6 is 0 Å². The van der Waals surface area contributed by atoms with Gasteiger partial charge in [0.1, 0.15) is 0 Å². The van der Waals surface area contributed by atoms with Crippen molar-refractivity contribution in [3.8, 4) is 0 Å². The van der Waals surface area contributed by atoms with Crippen LogP contribution in [0.25, 0.3) is 0 Å². The molecule has 0 amide bonds. The first-order valence-electron chi connectivity index (χ1n) is 8.84. The van der Waals surface area contributed by atoms with Gasteiger partial charge >= 0.3 is 0 Å². The van der Waals surface area contributed by atoms with Gasteiger partial charge in [-0.25, -0.2) is 0 Å². The monoisotopic (exact) mass is 286 g/mol. The van der Waals surface area contributed by atoms with E-state index >= 15 is 0 Å². The van der Waals surface area contributed by atoms with Crippen LogP contribution < -0.4 is 5.32 Å². The van der Waals surface area contributed by atoms with Crippen LogP contribution in [0.3, 0.4) is 0 Å². The molecule has 0 heterocycles. The molecule has 0 bridgehead atoms. The largest absolute Gasteiger partial charge is 0.309 e. The maximum atomic E-state index is 3.86. The number of rotatable bonds is 5. The summed E-state index contributed by atoms with van der Waals surface area (Å²) in [5, 5.41) is 3.86. The Morgan fingerprint density at radius 1 is 1.14 bits per heavy atom. The van der Waals surface area contributed by atoms with E-state index in [0.29, 0.717) is 12.1 Å². The molecule has 1 N–H and O–H groups in total. The molecule has 2 heteroatoms. The molecular weight excluding hydrogens is 256 g/mol. The van der Waals surface area contributed by atoms with Crippen LogP contribution in [0.2, 0.25) is 0 Å². The van der Waals surface area contributed by atoms with Crippen molar-refractivity contribution < 1.29 is 0 Å². The van der Waals surface area contributed by atoms with Crippen molar-refractivity contribution in [2.24, 2.45) is 0 Å². The molecule has 2 aliphatic rings. The summed E-state index contributed by atoms with van der Waals surface area (Å²) in [4.78, 5) is 2.69. The number of hydrogen-bond donors (Lipinski definition) is 1. The molecule has 0 spiro atoms. The molecule has 1 saturated carbocycles. The second-order valence-corrected chi connectivity index (χ2v) is 6.84. The molecule has 2 unspecified atom stereocenters. The number of nitrogens with zero attached hydrogens (tertiary/aromatic N) is 1. The van der Waals surface area contributed by atoms with E-state index in [1.165, 1.54) is 44.9 Å². The quantitative estimate of drug-likeness (QED) is 0.825. The average Bonchev–Trinajstić information content (AvgIpc) is 2.62. The van der Waals surface area contributed by atoms with Crippen molar-refractivity contribution >= 4 is 0 Å². The second-order valence-electron chi connectivity index (χ2n) is 6.84. The highest BCUT2D eigenvalue weighted by atomic mass is 15.2. The number of benzene rings is 1. The van der Waals surface area contributed by atoms with E-state index in [0.717, 1.165) is 12.6 Å². The molecular formula is C19H30N2. The summed E-state index contributed by atoms with van der Waals surface area (Å²) in [7, 11) is 2.36. The normalized spacial score (nSPS) is 26.2. The van der Waals surface area contributed by atoms with Crippen LogP contribution in [-0.2, 0) is 6.42 Å². The third-order valence-corrected chi connectivity index (χ3v) is 5.51. The smallest absolute Gasteiger partial charge is 0.0480 e. The Balaban J connectivity index is 1.86. The fraction of sp³-hybridized carbons (Fsp3) is 0.684. The maximum absolute atomic E-state index is 3.86. The van der Waals surface area contributed by atoms with Gasteiger partial charge in [0.25, 0.3) is 0 Å². The Kier molecular flexibility index (Phi) is 4.97. The van der Waals surface area contributed by atoms with Crippen molar-refractivity contribution in [2.45, 2.75) is 70.0 Å². The Labute approximate surface area is 129 Å². The van der Waals surface area contributed by atoms with Crippen molar-refractivity contribution in [2.75, 3.05) is 13.6 Å². The van der Waals surface area contributed by atoms with Crippen molar-refractivity contribution in [1.29, 1.82) is 0 Å². The fourth-order valence-corrected chi connectivity index (χ4v) is 3.99. The summed E-state index contributed by atoms with van der Waals surface area (Å²) in [6, 6.07) is 11.1. The maximum Gasteiger partial charge on any atom is 0.0480 e. The van der Waals surface area contributed by atoms with E-state index in [4.69, 9.17) is 0 Å². The molecule has 0 aliphatic heterocycles. The number of nitrogens with one attached hydrogen (secondary N) is 1. The van der Waals surface area contributed by atoms with E-state index in [1.54, 1.807) is 11.1 Å². The molecule has 2 nitrogen and oxygen atoms in total. The number of aryl methyl sites for hydroxylation is 1. The first kappa shape index (κ1) is 15.1. The van der Waals surface area contributed by atoms with Crippen molar-refractivity contribution in [1.82, 2.24) is 10.2 Å². The van der Waals surface area contributed by atoms with Gasteiger partial charge < -0.3 is 5.32 Å². The standard InChI is InChI=1S/C19H30N2/c1-3-14-20-19-17-12-5-4-8-15(17)9-6-13-18(19)21(2)16-10-7-11-16/h4-5,8,12,16,18-20H,3,6-7,9-11,13-14H2,1-2H3. The van der Waals surface area contributed by atoms with Gasteiger partial charge in [0.15, 0.2) is 0 Å². The zero-order valence-corrected chi connectivity index (χ0v) is 13.6. The molecule has 2 atom stereocenters. The van der Waals surface area contributed by atoms with Gasteiger partial charge in [0.2, 0.25) is 0 Å². The second kappa shape index (κ2) is 6.93. The fourth-order valence-electron chi connectivity index (χ4n) is 3.99. The summed E-state index contributed by atoms with van der Waals surface area (Å²) >= 11 is 0. The summed E-state index contributed by atoms with van der Waals surface area (Å²) < 4.78 is 0. The van der Waals surface area contributed by atoms with E-state index in [-0.39, 0.29) is 0 Å². The molecule has 21 heavy (non-hydrogen) atoms. The van der Waals surface area contributed by atoms with Gasteiger partial charge in [0, 0.05) is 18.1 Å². The summed E-state index contributed by atoms with van der Waals surface area (Å²) in [6.45, 7) is 3.38. The Morgan fingerprint density at radius 3 is 2.67 bits per heavy atom. The molecule has 1 fully saturated rings. The lowest BCUT2D eigenvalue weighted by atomic mass is 9.87. The summed E-state index contributed by atoms with van der Waals surface area (Å²) in [5.74, 6) is 0. The van der Waals surface area contributed by atoms with Gasteiger partial charge in [-0.15, -0.1) is 0 Å². The lowest BCUT2D eigenvalue weighted by molar-refractivity contribution is 0.0820. The highest BCUT2D eigenvalue weighted by molar-refractivity contribution is 5.32. The Morgan fingerprint density at radius 2 is 1.95 bits per heavy atom.